The Balaban J connectivity index is 1.49. The van der Waals surface area contributed by atoms with Crippen LogP contribution in [0.5, 0.6) is 0 Å². The van der Waals surface area contributed by atoms with Gasteiger partial charge in [0, 0.05) is 64.2 Å². The largest absolute Gasteiger partial charge is 0.354 e. The molecule has 0 saturated carbocycles. The molecule has 0 aliphatic carbocycles. The molecule has 3 N–H and O–H groups in total. The van der Waals surface area contributed by atoms with E-state index in [0.717, 1.165) is 64.6 Å². The van der Waals surface area contributed by atoms with Gasteiger partial charge in [0.1, 0.15) is 0 Å². The number of rotatable bonds is 5. The molecule has 3 aliphatic heterocycles. The Labute approximate surface area is 167 Å². The number of likely N-dealkylation sites (tertiary alicyclic amines) is 3. The van der Waals surface area contributed by atoms with E-state index in [1.165, 1.54) is 0 Å². The van der Waals surface area contributed by atoms with E-state index in [-0.39, 0.29) is 29.8 Å². The molecule has 3 rings (SSSR count). The van der Waals surface area contributed by atoms with E-state index in [9.17, 15) is 14.4 Å². The molecule has 0 aromatic rings. The van der Waals surface area contributed by atoms with E-state index >= 15 is 0 Å². The van der Waals surface area contributed by atoms with Crippen LogP contribution in [0, 0.1) is 5.92 Å². The van der Waals surface area contributed by atoms with Crippen LogP contribution in [0.4, 0.5) is 4.79 Å². The van der Waals surface area contributed by atoms with Crippen LogP contribution < -0.4 is 11.1 Å². The predicted octanol–water partition coefficient (Wildman–Crippen LogP) is 0.760. The van der Waals surface area contributed by atoms with E-state index in [1.807, 2.05) is 14.7 Å². The number of carbonyl (C=O) groups excluding carboxylic acids is 3. The average molecular weight is 394 g/mol. The second kappa shape index (κ2) is 10.1. The topological polar surface area (TPSA) is 99.0 Å². The first-order valence-corrected chi connectivity index (χ1v) is 10.9. The highest BCUT2D eigenvalue weighted by atomic mass is 16.2. The third kappa shape index (κ3) is 5.16. The summed E-state index contributed by atoms with van der Waals surface area (Å²) in [6, 6.07) is 0.217. The smallest absolute Gasteiger partial charge is 0.319 e. The summed E-state index contributed by atoms with van der Waals surface area (Å²) in [4.78, 5) is 43.3. The van der Waals surface area contributed by atoms with Crippen molar-refractivity contribution in [1.29, 1.82) is 0 Å². The van der Waals surface area contributed by atoms with Gasteiger partial charge in [-0.15, -0.1) is 0 Å². The van der Waals surface area contributed by atoms with Crippen LogP contribution >= 0.6 is 0 Å². The van der Waals surface area contributed by atoms with Gasteiger partial charge in [-0.2, -0.15) is 0 Å². The van der Waals surface area contributed by atoms with Crippen LogP contribution in [0.2, 0.25) is 0 Å². The predicted molar refractivity (Wildman–Crippen MR) is 107 cm³/mol. The van der Waals surface area contributed by atoms with Crippen LogP contribution in [-0.4, -0.2) is 84.4 Å². The molecule has 8 heteroatoms. The second-order valence-electron chi connectivity index (χ2n) is 8.26. The van der Waals surface area contributed by atoms with Gasteiger partial charge in [0.2, 0.25) is 11.8 Å². The lowest BCUT2D eigenvalue weighted by molar-refractivity contribution is -0.141. The molecule has 0 bridgehead atoms. The third-order valence-corrected chi connectivity index (χ3v) is 6.31. The van der Waals surface area contributed by atoms with Crippen LogP contribution in [0.25, 0.3) is 0 Å². The van der Waals surface area contributed by atoms with Crippen molar-refractivity contribution in [2.45, 2.75) is 57.4 Å². The minimum atomic E-state index is -0.0470. The van der Waals surface area contributed by atoms with Gasteiger partial charge in [-0.3, -0.25) is 9.59 Å². The van der Waals surface area contributed by atoms with Crippen LogP contribution in [0.15, 0.2) is 0 Å². The number of hydrogen-bond acceptors (Lipinski definition) is 4. The highest BCUT2D eigenvalue weighted by Gasteiger charge is 2.35. The Kier molecular flexibility index (Phi) is 7.53. The number of nitrogens with one attached hydrogen (secondary N) is 1. The maximum atomic E-state index is 13.1. The molecule has 8 nitrogen and oxygen atoms in total. The number of piperidine rings is 2. The first-order valence-electron chi connectivity index (χ1n) is 10.9. The lowest BCUT2D eigenvalue weighted by Crippen LogP contribution is -2.53. The van der Waals surface area contributed by atoms with Gasteiger partial charge in [-0.1, -0.05) is 0 Å². The van der Waals surface area contributed by atoms with Gasteiger partial charge < -0.3 is 25.8 Å². The fraction of sp³-hybridized carbons (Fsp3) is 0.850. The number of carbonyl (C=O) groups is 3. The number of amides is 4. The molecule has 0 spiro atoms. The quantitative estimate of drug-likeness (QED) is 0.720. The number of hydrogen-bond donors (Lipinski definition) is 2. The molecule has 3 aliphatic rings. The normalized spacial score (nSPS) is 23.8. The van der Waals surface area contributed by atoms with Gasteiger partial charge in [0.15, 0.2) is 0 Å². The van der Waals surface area contributed by atoms with E-state index < -0.39 is 0 Å². The SMILES string of the molecule is NCCC(=O)NCC1CCCCN1C(=O)C1CCN(C(=O)N2CCCC2)CC1. The maximum absolute atomic E-state index is 13.1. The van der Waals surface area contributed by atoms with Crippen molar-refractivity contribution in [2.24, 2.45) is 11.7 Å². The first-order chi connectivity index (χ1) is 13.6. The molecule has 0 radical (unpaired) electrons. The van der Waals surface area contributed by atoms with Crippen LogP contribution in [-0.2, 0) is 9.59 Å². The Bertz CT molecular complexity index is 556. The average Bonchev–Trinajstić information content (AvgIpc) is 3.27. The molecule has 0 aromatic carbocycles. The molecule has 1 atom stereocenters. The van der Waals surface area contributed by atoms with Crippen molar-refractivity contribution in [2.75, 3.05) is 45.8 Å². The van der Waals surface area contributed by atoms with Crippen molar-refractivity contribution >= 4 is 17.8 Å². The lowest BCUT2D eigenvalue weighted by Gasteiger charge is -2.40. The summed E-state index contributed by atoms with van der Waals surface area (Å²) >= 11 is 0. The van der Waals surface area contributed by atoms with Gasteiger partial charge >= 0.3 is 6.03 Å². The second-order valence-corrected chi connectivity index (χ2v) is 8.26. The Hall–Kier alpha value is -1.83. The Morgan fingerprint density at radius 3 is 2.18 bits per heavy atom. The molecule has 3 saturated heterocycles. The van der Waals surface area contributed by atoms with E-state index in [1.54, 1.807) is 0 Å². The molecular formula is C20H35N5O3. The minimum Gasteiger partial charge on any atom is -0.354 e. The third-order valence-electron chi connectivity index (χ3n) is 6.31. The highest BCUT2D eigenvalue weighted by molar-refractivity contribution is 5.80. The first kappa shape index (κ1) is 20.9. The maximum Gasteiger partial charge on any atom is 0.319 e. The summed E-state index contributed by atoms with van der Waals surface area (Å²) in [5.41, 5.74) is 5.43. The van der Waals surface area contributed by atoms with Gasteiger partial charge in [-0.05, 0) is 44.9 Å². The monoisotopic (exact) mass is 393 g/mol. The van der Waals surface area contributed by atoms with E-state index in [0.29, 0.717) is 32.6 Å². The minimum absolute atomic E-state index is 0.0111. The standard InChI is InChI=1S/C20H35N5O3/c21-9-6-18(26)22-15-17-5-1-2-12-25(17)19(27)16-7-13-24(14-8-16)20(28)23-10-3-4-11-23/h16-17H,1-15,21H2,(H,22,26). The van der Waals surface area contributed by atoms with E-state index in [4.69, 9.17) is 5.73 Å². The Morgan fingerprint density at radius 2 is 1.50 bits per heavy atom. The summed E-state index contributed by atoms with van der Waals surface area (Å²) in [6.07, 6.45) is 7.03. The molecule has 3 heterocycles. The zero-order valence-corrected chi connectivity index (χ0v) is 16.9. The molecule has 158 valence electrons. The summed E-state index contributed by atoms with van der Waals surface area (Å²) in [5, 5.41) is 2.92. The summed E-state index contributed by atoms with van der Waals surface area (Å²) in [7, 11) is 0. The molecule has 3 fully saturated rings. The summed E-state index contributed by atoms with van der Waals surface area (Å²) < 4.78 is 0. The highest BCUT2D eigenvalue weighted by Crippen LogP contribution is 2.25. The summed E-state index contributed by atoms with van der Waals surface area (Å²) in [5.74, 6) is 0.142. The molecule has 0 aromatic heterocycles. The van der Waals surface area contributed by atoms with Crippen molar-refractivity contribution < 1.29 is 14.4 Å². The number of urea groups is 1. The van der Waals surface area contributed by atoms with Crippen molar-refractivity contribution in [3.8, 4) is 0 Å². The lowest BCUT2D eigenvalue weighted by atomic mass is 9.92. The van der Waals surface area contributed by atoms with Gasteiger partial charge in [0.05, 0.1) is 0 Å². The van der Waals surface area contributed by atoms with Crippen molar-refractivity contribution in [3.63, 3.8) is 0 Å². The molecular weight excluding hydrogens is 358 g/mol. The van der Waals surface area contributed by atoms with Crippen LogP contribution in [0.1, 0.15) is 51.4 Å². The fourth-order valence-electron chi connectivity index (χ4n) is 4.61. The zero-order chi connectivity index (χ0) is 19.9. The van der Waals surface area contributed by atoms with E-state index in [2.05, 4.69) is 5.32 Å². The fourth-order valence-corrected chi connectivity index (χ4v) is 4.61. The number of nitrogens with two attached hydrogens (primary N) is 1. The molecule has 1 unspecified atom stereocenters. The van der Waals surface area contributed by atoms with Crippen molar-refractivity contribution in [3.05, 3.63) is 0 Å². The molecule has 28 heavy (non-hydrogen) atoms. The summed E-state index contributed by atoms with van der Waals surface area (Å²) in [6.45, 7) is 4.68. The van der Waals surface area contributed by atoms with Crippen LogP contribution in [0.3, 0.4) is 0 Å². The van der Waals surface area contributed by atoms with Gasteiger partial charge in [0.25, 0.3) is 0 Å². The van der Waals surface area contributed by atoms with Gasteiger partial charge in [-0.25, -0.2) is 4.79 Å². The Morgan fingerprint density at radius 1 is 0.857 bits per heavy atom. The zero-order valence-electron chi connectivity index (χ0n) is 16.9. The van der Waals surface area contributed by atoms with Crippen molar-refractivity contribution in [1.82, 2.24) is 20.0 Å². The molecule has 4 amide bonds. The number of nitrogens with zero attached hydrogens (tertiary/aromatic N) is 3.